The number of nitrogens with one attached hydrogen (secondary N) is 1. The van der Waals surface area contributed by atoms with Crippen molar-refractivity contribution in [2.75, 3.05) is 13.6 Å². The third kappa shape index (κ3) is 7.94. The zero-order valence-electron chi connectivity index (χ0n) is 20.2. The molecule has 0 aliphatic heterocycles. The number of hydrogen-bond donors (Lipinski definition) is 1. The molecular formula is C22H46N2O2S. The summed E-state index contributed by atoms with van der Waals surface area (Å²) in [4.78, 5) is 18.9. The third-order valence-electron chi connectivity index (χ3n) is 6.22. The van der Waals surface area contributed by atoms with E-state index in [9.17, 15) is 4.79 Å². The molecule has 1 N–H and O–H groups in total. The van der Waals surface area contributed by atoms with Crippen LogP contribution in [0.25, 0.3) is 0 Å². The van der Waals surface area contributed by atoms with Gasteiger partial charge in [0.2, 0.25) is 5.91 Å². The molecule has 0 saturated carbocycles. The highest BCUT2D eigenvalue weighted by Crippen LogP contribution is 2.45. The third-order valence-corrected chi connectivity index (χ3v) is 7.83. The summed E-state index contributed by atoms with van der Waals surface area (Å²) in [6.07, 6.45) is 0.517. The second kappa shape index (κ2) is 9.49. The first-order valence-corrected chi connectivity index (χ1v) is 11.1. The van der Waals surface area contributed by atoms with Gasteiger partial charge in [-0.2, -0.15) is 16.8 Å². The van der Waals surface area contributed by atoms with E-state index in [0.29, 0.717) is 24.3 Å². The summed E-state index contributed by atoms with van der Waals surface area (Å²) in [6, 6.07) is 0.302. The van der Waals surface area contributed by atoms with E-state index in [0.717, 1.165) is 0 Å². The van der Waals surface area contributed by atoms with Crippen molar-refractivity contribution >= 4 is 17.7 Å². The van der Waals surface area contributed by atoms with Crippen LogP contribution in [-0.2, 0) is 9.63 Å². The number of thioether (sulfide) groups is 1. The monoisotopic (exact) mass is 402 g/mol. The first-order valence-electron chi connectivity index (χ1n) is 10.2. The molecule has 5 heteroatoms. The van der Waals surface area contributed by atoms with Crippen LogP contribution in [-0.4, -0.2) is 46.2 Å². The smallest absolute Gasteiger partial charge is 0.220 e. The van der Waals surface area contributed by atoms with Gasteiger partial charge in [0.25, 0.3) is 0 Å². The van der Waals surface area contributed by atoms with Crippen LogP contribution in [0.4, 0.5) is 0 Å². The van der Waals surface area contributed by atoms with Gasteiger partial charge in [-0.25, -0.2) is 0 Å². The van der Waals surface area contributed by atoms with Gasteiger partial charge in [0.15, 0.2) is 0 Å². The van der Waals surface area contributed by atoms with Crippen LogP contribution in [0.5, 0.6) is 0 Å². The minimum absolute atomic E-state index is 0.0242. The molecule has 0 fully saturated rings. The highest BCUT2D eigenvalue weighted by atomic mass is 32.2. The van der Waals surface area contributed by atoms with Crippen molar-refractivity contribution in [3.63, 3.8) is 0 Å². The van der Waals surface area contributed by atoms with E-state index in [1.165, 1.54) is 0 Å². The van der Waals surface area contributed by atoms with Crippen molar-refractivity contribution in [2.45, 2.75) is 111 Å². The van der Waals surface area contributed by atoms with Crippen LogP contribution in [0, 0.1) is 10.8 Å². The number of carbonyl (C=O) groups excluding carboxylic acids is 1. The van der Waals surface area contributed by atoms with Crippen LogP contribution < -0.4 is 5.32 Å². The van der Waals surface area contributed by atoms with Gasteiger partial charge in [-0.1, -0.05) is 55.4 Å². The molecule has 0 radical (unpaired) electrons. The largest absolute Gasteiger partial charge is 0.355 e. The summed E-state index contributed by atoms with van der Waals surface area (Å²) in [5.74, 6) is 0.110. The molecule has 27 heavy (non-hydrogen) atoms. The van der Waals surface area contributed by atoms with E-state index < -0.39 is 5.60 Å². The summed E-state index contributed by atoms with van der Waals surface area (Å²) < 4.78 is 0.0242. The average molecular weight is 403 g/mol. The van der Waals surface area contributed by atoms with E-state index in [-0.39, 0.29) is 21.5 Å². The Balaban J connectivity index is 4.92. The van der Waals surface area contributed by atoms with E-state index in [2.05, 4.69) is 88.4 Å². The molecule has 0 aromatic rings. The fraction of sp³-hybridized carbons (Fsp3) is 0.955. The highest BCUT2D eigenvalue weighted by molar-refractivity contribution is 8.01. The molecule has 0 spiro atoms. The molecule has 1 amide bonds. The number of hydrogen-bond acceptors (Lipinski definition) is 4. The molecule has 0 bridgehead atoms. The number of amides is 1. The molecule has 0 heterocycles. The van der Waals surface area contributed by atoms with Crippen molar-refractivity contribution in [3.8, 4) is 0 Å². The SMILES string of the molecule is CC(C)SC(C)(C)C(C)(C)CC(=O)NCC(C)(C)C(C)(C)ON(C)C(C)C. The van der Waals surface area contributed by atoms with Crippen LogP contribution >= 0.6 is 11.8 Å². The van der Waals surface area contributed by atoms with Gasteiger partial charge in [0.05, 0.1) is 5.60 Å². The normalized spacial score (nSPS) is 14.4. The molecular weight excluding hydrogens is 356 g/mol. The molecule has 162 valence electrons. The first-order chi connectivity index (χ1) is 11.8. The van der Waals surface area contributed by atoms with Gasteiger partial charge in [-0.3, -0.25) is 9.63 Å². The molecule has 0 aliphatic carbocycles. The molecule has 0 unspecified atom stereocenters. The number of hydroxylamine groups is 2. The second-order valence-electron chi connectivity index (χ2n) is 10.6. The summed E-state index contributed by atoms with van der Waals surface area (Å²) in [6.45, 7) is 26.5. The Labute approximate surface area is 173 Å². The summed E-state index contributed by atoms with van der Waals surface area (Å²) >= 11 is 1.94. The zero-order valence-corrected chi connectivity index (χ0v) is 21.1. The Kier molecular flexibility index (Phi) is 9.40. The Morgan fingerprint density at radius 2 is 1.44 bits per heavy atom. The lowest BCUT2D eigenvalue weighted by Gasteiger charge is -2.44. The Bertz CT molecular complexity index is 483. The van der Waals surface area contributed by atoms with Crippen LogP contribution in [0.15, 0.2) is 0 Å². The highest BCUT2D eigenvalue weighted by Gasteiger charge is 2.42. The summed E-state index contributed by atoms with van der Waals surface area (Å²) in [5, 5.41) is 5.59. The first kappa shape index (κ1) is 26.7. The maximum Gasteiger partial charge on any atom is 0.220 e. The Morgan fingerprint density at radius 3 is 1.85 bits per heavy atom. The fourth-order valence-electron chi connectivity index (χ4n) is 2.55. The second-order valence-corrected chi connectivity index (χ2v) is 12.8. The van der Waals surface area contributed by atoms with Gasteiger partial charge in [0, 0.05) is 36.2 Å². The molecule has 0 aliphatic rings. The molecule has 0 aromatic heterocycles. The van der Waals surface area contributed by atoms with E-state index in [4.69, 9.17) is 4.84 Å². The predicted octanol–water partition coefficient (Wildman–Crippen LogP) is 5.52. The maximum absolute atomic E-state index is 12.7. The van der Waals surface area contributed by atoms with Crippen LogP contribution in [0.1, 0.15) is 89.5 Å². The topological polar surface area (TPSA) is 41.6 Å². The Morgan fingerprint density at radius 1 is 0.963 bits per heavy atom. The quantitative estimate of drug-likeness (QED) is 0.462. The summed E-state index contributed by atoms with van der Waals surface area (Å²) in [7, 11) is 1.96. The van der Waals surface area contributed by atoms with E-state index >= 15 is 0 Å². The van der Waals surface area contributed by atoms with Gasteiger partial charge < -0.3 is 5.32 Å². The van der Waals surface area contributed by atoms with Gasteiger partial charge in [-0.15, -0.1) is 0 Å². The van der Waals surface area contributed by atoms with E-state index in [1.54, 1.807) is 0 Å². The number of rotatable bonds is 11. The average Bonchev–Trinajstić information content (AvgIpc) is 2.42. The standard InChI is InChI=1S/C22H46N2O2S/c1-16(2)24(13)26-21(9,10)20(7,8)15-23-18(25)14-19(5,6)22(11,12)27-17(3)4/h16-17H,14-15H2,1-13H3,(H,23,25). The van der Waals surface area contributed by atoms with Crippen molar-refractivity contribution in [2.24, 2.45) is 10.8 Å². The molecule has 0 rings (SSSR count). The summed E-state index contributed by atoms with van der Waals surface area (Å²) in [5.41, 5.74) is -0.709. The molecule has 0 aromatic carbocycles. The van der Waals surface area contributed by atoms with Gasteiger partial charge in [0.1, 0.15) is 0 Å². The fourth-order valence-corrected chi connectivity index (χ4v) is 4.12. The van der Waals surface area contributed by atoms with Crippen molar-refractivity contribution < 1.29 is 9.63 Å². The maximum atomic E-state index is 12.7. The molecule has 4 nitrogen and oxygen atoms in total. The van der Waals surface area contributed by atoms with Gasteiger partial charge in [-0.05, 0) is 38.4 Å². The van der Waals surface area contributed by atoms with Crippen molar-refractivity contribution in [3.05, 3.63) is 0 Å². The molecule has 0 atom stereocenters. The lowest BCUT2D eigenvalue weighted by Crippen LogP contribution is -2.52. The zero-order chi connectivity index (χ0) is 21.8. The lowest BCUT2D eigenvalue weighted by molar-refractivity contribution is -0.268. The predicted molar refractivity (Wildman–Crippen MR) is 120 cm³/mol. The minimum atomic E-state index is -0.401. The minimum Gasteiger partial charge on any atom is -0.355 e. The molecule has 0 saturated heterocycles. The number of carbonyl (C=O) groups is 1. The van der Waals surface area contributed by atoms with Crippen LogP contribution in [0.2, 0.25) is 0 Å². The van der Waals surface area contributed by atoms with Crippen molar-refractivity contribution in [1.82, 2.24) is 10.4 Å². The lowest BCUT2D eigenvalue weighted by atomic mass is 9.76. The van der Waals surface area contributed by atoms with Gasteiger partial charge >= 0.3 is 0 Å². The van der Waals surface area contributed by atoms with Crippen LogP contribution in [0.3, 0.4) is 0 Å². The van der Waals surface area contributed by atoms with E-state index in [1.807, 2.05) is 23.9 Å². The van der Waals surface area contributed by atoms with Crippen molar-refractivity contribution in [1.29, 1.82) is 0 Å². The Hall–Kier alpha value is -0.260. The number of nitrogens with zero attached hydrogens (tertiary/aromatic N) is 1.